The summed E-state index contributed by atoms with van der Waals surface area (Å²) in [5.41, 5.74) is -0.742. The number of nitrogens with one attached hydrogen (secondary N) is 1. The Bertz CT molecular complexity index is 477. The second-order valence-corrected chi connectivity index (χ2v) is 6.31. The van der Waals surface area contributed by atoms with Crippen LogP contribution in [0.5, 0.6) is 0 Å². The molecule has 1 aromatic heterocycles. The Morgan fingerprint density at radius 1 is 1.50 bits per heavy atom. The van der Waals surface area contributed by atoms with Gasteiger partial charge in [-0.25, -0.2) is 4.98 Å². The van der Waals surface area contributed by atoms with Gasteiger partial charge >= 0.3 is 0 Å². The number of imidazole rings is 1. The molecule has 20 heavy (non-hydrogen) atoms. The minimum atomic E-state index is -0.742. The molecule has 0 saturated heterocycles. The van der Waals surface area contributed by atoms with Gasteiger partial charge in [-0.05, 0) is 25.2 Å². The lowest BCUT2D eigenvalue weighted by atomic mass is 9.96. The van der Waals surface area contributed by atoms with Crippen molar-refractivity contribution in [3.8, 4) is 0 Å². The Balaban J connectivity index is 1.44. The van der Waals surface area contributed by atoms with Crippen LogP contribution in [-0.4, -0.2) is 32.7 Å². The Hall–Kier alpha value is -1.36. The van der Waals surface area contributed by atoms with Crippen LogP contribution in [0.3, 0.4) is 0 Å². The van der Waals surface area contributed by atoms with Gasteiger partial charge in [0, 0.05) is 31.9 Å². The van der Waals surface area contributed by atoms with Crippen molar-refractivity contribution in [2.24, 2.45) is 5.92 Å². The maximum Gasteiger partial charge on any atom is 0.222 e. The average molecular weight is 277 g/mol. The molecule has 2 aliphatic rings. The molecule has 5 nitrogen and oxygen atoms in total. The summed E-state index contributed by atoms with van der Waals surface area (Å²) in [5, 5.41) is 13.2. The lowest BCUT2D eigenvalue weighted by molar-refractivity contribution is -0.126. The highest BCUT2D eigenvalue weighted by molar-refractivity contribution is 5.77. The van der Waals surface area contributed by atoms with Crippen LogP contribution in [-0.2, 0) is 17.8 Å². The van der Waals surface area contributed by atoms with Crippen molar-refractivity contribution in [1.29, 1.82) is 0 Å². The molecule has 2 N–H and O–H groups in total. The lowest BCUT2D eigenvalue weighted by Gasteiger charge is -2.25. The number of fused-ring (bicyclic) bond motifs is 1. The van der Waals surface area contributed by atoms with Gasteiger partial charge < -0.3 is 15.0 Å². The highest BCUT2D eigenvalue weighted by Crippen LogP contribution is 2.32. The number of hydrogen-bond donors (Lipinski definition) is 2. The molecule has 3 rings (SSSR count). The van der Waals surface area contributed by atoms with Crippen LogP contribution in [0, 0.1) is 5.92 Å². The summed E-state index contributed by atoms with van der Waals surface area (Å²) in [5.74, 6) is 1.61. The Morgan fingerprint density at radius 2 is 2.30 bits per heavy atom. The number of nitrogens with zero attached hydrogens (tertiary/aromatic N) is 2. The Labute approximate surface area is 119 Å². The van der Waals surface area contributed by atoms with Crippen molar-refractivity contribution in [1.82, 2.24) is 14.9 Å². The van der Waals surface area contributed by atoms with Gasteiger partial charge in [0.1, 0.15) is 5.82 Å². The third kappa shape index (κ3) is 3.03. The monoisotopic (exact) mass is 277 g/mol. The molecule has 0 spiro atoms. The lowest BCUT2D eigenvalue weighted by Crippen LogP contribution is -2.38. The van der Waals surface area contributed by atoms with E-state index in [-0.39, 0.29) is 12.3 Å². The molecular weight excluding hydrogens is 254 g/mol. The minimum absolute atomic E-state index is 0.00849. The molecule has 1 saturated carbocycles. The zero-order valence-corrected chi connectivity index (χ0v) is 11.8. The summed E-state index contributed by atoms with van der Waals surface area (Å²) in [7, 11) is 0. The van der Waals surface area contributed by atoms with Crippen LogP contribution in [0.4, 0.5) is 0 Å². The third-order valence-corrected chi connectivity index (χ3v) is 4.64. The Morgan fingerprint density at radius 3 is 3.10 bits per heavy atom. The molecule has 0 radical (unpaired) electrons. The summed E-state index contributed by atoms with van der Waals surface area (Å²) >= 11 is 0. The fourth-order valence-electron chi connectivity index (χ4n) is 3.43. The van der Waals surface area contributed by atoms with Crippen molar-refractivity contribution < 1.29 is 9.90 Å². The molecule has 1 aliphatic heterocycles. The van der Waals surface area contributed by atoms with Gasteiger partial charge in [-0.2, -0.15) is 0 Å². The van der Waals surface area contributed by atoms with Crippen LogP contribution >= 0.6 is 0 Å². The SMILES string of the molecule is O=C(CC1(O)CCCC1)NC[C@H]1CCc2nccn2C1. The van der Waals surface area contributed by atoms with Crippen molar-refractivity contribution in [2.45, 2.75) is 57.1 Å². The van der Waals surface area contributed by atoms with E-state index in [9.17, 15) is 9.90 Å². The zero-order valence-electron chi connectivity index (χ0n) is 11.8. The molecule has 0 unspecified atom stereocenters. The van der Waals surface area contributed by atoms with Crippen molar-refractivity contribution in [3.05, 3.63) is 18.2 Å². The molecule has 1 atom stereocenters. The van der Waals surface area contributed by atoms with E-state index in [1.165, 1.54) is 0 Å². The van der Waals surface area contributed by atoms with Gasteiger partial charge in [0.25, 0.3) is 0 Å². The molecule has 5 heteroatoms. The predicted molar refractivity (Wildman–Crippen MR) is 75.1 cm³/mol. The summed E-state index contributed by atoms with van der Waals surface area (Å²) in [4.78, 5) is 16.3. The van der Waals surface area contributed by atoms with E-state index in [0.29, 0.717) is 12.5 Å². The smallest absolute Gasteiger partial charge is 0.222 e. The first-order valence-corrected chi connectivity index (χ1v) is 7.64. The van der Waals surface area contributed by atoms with E-state index in [1.54, 1.807) is 0 Å². The number of aromatic nitrogens is 2. The molecule has 1 aromatic rings. The second-order valence-electron chi connectivity index (χ2n) is 6.31. The topological polar surface area (TPSA) is 67.2 Å². The van der Waals surface area contributed by atoms with Crippen molar-refractivity contribution in [3.63, 3.8) is 0 Å². The highest BCUT2D eigenvalue weighted by atomic mass is 16.3. The number of rotatable bonds is 4. The van der Waals surface area contributed by atoms with E-state index in [4.69, 9.17) is 0 Å². The standard InChI is InChI=1S/C15H23N3O2/c19-14(9-15(20)5-1-2-6-15)17-10-12-3-4-13-16-7-8-18(13)11-12/h7-8,12,20H,1-6,9-11H2,(H,17,19)/t12-/m1/s1. The van der Waals surface area contributed by atoms with E-state index >= 15 is 0 Å². The van der Waals surface area contributed by atoms with Crippen LogP contribution in [0.1, 0.15) is 44.3 Å². The first-order chi connectivity index (χ1) is 9.65. The van der Waals surface area contributed by atoms with E-state index < -0.39 is 5.60 Å². The highest BCUT2D eigenvalue weighted by Gasteiger charge is 2.33. The van der Waals surface area contributed by atoms with Gasteiger partial charge in [0.15, 0.2) is 0 Å². The summed E-state index contributed by atoms with van der Waals surface area (Å²) < 4.78 is 2.17. The molecular formula is C15H23N3O2. The van der Waals surface area contributed by atoms with Gasteiger partial charge in [0.2, 0.25) is 5.91 Å². The summed E-state index contributed by atoms with van der Waals surface area (Å²) in [6.45, 7) is 1.63. The van der Waals surface area contributed by atoms with Crippen LogP contribution in [0.2, 0.25) is 0 Å². The number of aryl methyl sites for hydroxylation is 1. The quantitative estimate of drug-likeness (QED) is 0.870. The minimum Gasteiger partial charge on any atom is -0.389 e. The molecule has 0 aromatic carbocycles. The summed E-state index contributed by atoms with van der Waals surface area (Å²) in [6, 6.07) is 0. The number of amides is 1. The molecule has 1 aliphatic carbocycles. The maximum atomic E-state index is 12.0. The van der Waals surface area contributed by atoms with Crippen LogP contribution < -0.4 is 5.32 Å². The largest absolute Gasteiger partial charge is 0.389 e. The van der Waals surface area contributed by atoms with E-state index in [1.807, 2.05) is 12.4 Å². The number of hydrogen-bond acceptors (Lipinski definition) is 3. The fourth-order valence-corrected chi connectivity index (χ4v) is 3.43. The van der Waals surface area contributed by atoms with E-state index in [2.05, 4.69) is 14.9 Å². The maximum absolute atomic E-state index is 12.0. The van der Waals surface area contributed by atoms with E-state index in [0.717, 1.165) is 50.9 Å². The summed E-state index contributed by atoms with van der Waals surface area (Å²) in [6.07, 6.45) is 9.77. The van der Waals surface area contributed by atoms with Gasteiger partial charge in [-0.1, -0.05) is 12.8 Å². The van der Waals surface area contributed by atoms with Gasteiger partial charge in [-0.3, -0.25) is 4.79 Å². The van der Waals surface area contributed by atoms with Gasteiger partial charge in [-0.15, -0.1) is 0 Å². The van der Waals surface area contributed by atoms with Crippen molar-refractivity contribution >= 4 is 5.91 Å². The fraction of sp³-hybridized carbons (Fsp3) is 0.733. The molecule has 2 heterocycles. The zero-order chi connectivity index (χ0) is 14.0. The molecule has 1 amide bonds. The van der Waals surface area contributed by atoms with Gasteiger partial charge in [0.05, 0.1) is 12.0 Å². The van der Waals surface area contributed by atoms with Crippen LogP contribution in [0.25, 0.3) is 0 Å². The average Bonchev–Trinajstić information content (AvgIpc) is 3.04. The number of aliphatic hydroxyl groups is 1. The number of carbonyl (C=O) groups excluding carboxylic acids is 1. The van der Waals surface area contributed by atoms with Crippen LogP contribution in [0.15, 0.2) is 12.4 Å². The Kier molecular flexibility index (Phi) is 3.78. The first kappa shape index (κ1) is 13.6. The molecule has 110 valence electrons. The molecule has 0 bridgehead atoms. The first-order valence-electron chi connectivity index (χ1n) is 7.64. The van der Waals surface area contributed by atoms with Crippen molar-refractivity contribution in [2.75, 3.05) is 6.54 Å². The normalized spacial score (nSPS) is 24.4. The predicted octanol–water partition coefficient (Wildman–Crippen LogP) is 1.26. The molecule has 1 fully saturated rings. The third-order valence-electron chi connectivity index (χ3n) is 4.64. The number of carbonyl (C=O) groups is 1. The second kappa shape index (κ2) is 5.56.